The van der Waals surface area contributed by atoms with E-state index in [1.54, 1.807) is 0 Å². The number of benzene rings is 1. The van der Waals surface area contributed by atoms with Crippen molar-refractivity contribution >= 4 is 16.9 Å². The first-order chi connectivity index (χ1) is 20.5. The molecule has 1 atom stereocenters. The van der Waals surface area contributed by atoms with Gasteiger partial charge in [-0.3, -0.25) is 0 Å². The van der Waals surface area contributed by atoms with E-state index >= 15 is 0 Å². The average molecular weight is 620 g/mol. The van der Waals surface area contributed by atoms with Gasteiger partial charge in [-0.05, 0) is 41.7 Å². The van der Waals surface area contributed by atoms with Crippen molar-refractivity contribution < 1.29 is 45.6 Å². The van der Waals surface area contributed by atoms with Gasteiger partial charge in [-0.1, -0.05) is 63.7 Å². The van der Waals surface area contributed by atoms with Gasteiger partial charge >= 0.3 is 10.8 Å². The molecule has 0 amide bonds. The molecular formula is C30H53NO10S+. The molecule has 1 rings (SSSR count). The van der Waals surface area contributed by atoms with Gasteiger partial charge in [-0.25, -0.2) is 0 Å². The van der Waals surface area contributed by atoms with Gasteiger partial charge in [0.15, 0.2) is 0 Å². The summed E-state index contributed by atoms with van der Waals surface area (Å²) >= 11 is 0. The van der Waals surface area contributed by atoms with Crippen molar-refractivity contribution in [2.45, 2.75) is 65.2 Å². The van der Waals surface area contributed by atoms with E-state index in [0.717, 1.165) is 17.7 Å². The fourth-order valence-electron chi connectivity index (χ4n) is 3.90. The molecule has 11 nitrogen and oxygen atoms in total. The first-order valence-corrected chi connectivity index (χ1v) is 16.4. The smallest absolute Gasteiger partial charge is 0.491 e. The molecule has 1 unspecified atom stereocenters. The summed E-state index contributed by atoms with van der Waals surface area (Å²) in [5.74, 6) is 5.41. The van der Waals surface area contributed by atoms with E-state index in [0.29, 0.717) is 66.1 Å². The van der Waals surface area contributed by atoms with Crippen molar-refractivity contribution in [2.24, 2.45) is 5.90 Å². The maximum Gasteiger partial charge on any atom is 0.564 e. The highest BCUT2D eigenvalue weighted by Gasteiger charge is 2.32. The minimum atomic E-state index is -4.13. The number of aryl methyl sites for hydroxylation is 1. The second-order valence-corrected chi connectivity index (χ2v) is 10.7. The van der Waals surface area contributed by atoms with Crippen LogP contribution in [0.2, 0.25) is 0 Å². The zero-order valence-electron chi connectivity index (χ0n) is 25.6. The van der Waals surface area contributed by atoms with Crippen molar-refractivity contribution in [2.75, 3.05) is 79.3 Å². The van der Waals surface area contributed by atoms with Crippen molar-refractivity contribution in [3.63, 3.8) is 0 Å². The van der Waals surface area contributed by atoms with Crippen LogP contribution in [-0.2, 0) is 58.1 Å². The average Bonchev–Trinajstić information content (AvgIpc) is 2.98. The molecule has 0 aliphatic heterocycles. The quantitative estimate of drug-likeness (QED) is 0.0707. The van der Waals surface area contributed by atoms with Crippen molar-refractivity contribution in [3.05, 3.63) is 35.4 Å². The number of ether oxygens (including phenoxy) is 6. The van der Waals surface area contributed by atoms with E-state index in [9.17, 15) is 8.76 Å². The summed E-state index contributed by atoms with van der Waals surface area (Å²) < 4.78 is 62.7. The fourth-order valence-corrected chi connectivity index (χ4v) is 4.22. The van der Waals surface area contributed by atoms with Crippen LogP contribution in [0.5, 0.6) is 5.75 Å². The van der Waals surface area contributed by atoms with Crippen molar-refractivity contribution in [1.82, 2.24) is 0 Å². The van der Waals surface area contributed by atoms with E-state index in [1.807, 2.05) is 13.0 Å². The molecule has 1 radical (unpaired) electrons. The number of hydrogen-bond donors (Lipinski definition) is 1. The van der Waals surface area contributed by atoms with Gasteiger partial charge in [0.25, 0.3) is 0 Å². The highest BCUT2D eigenvalue weighted by molar-refractivity contribution is 7.88. The van der Waals surface area contributed by atoms with Crippen LogP contribution in [0.3, 0.4) is 0 Å². The normalized spacial score (nSPS) is 13.1. The zero-order chi connectivity index (χ0) is 30.6. The summed E-state index contributed by atoms with van der Waals surface area (Å²) in [6, 6.07) is 6.48. The predicted molar refractivity (Wildman–Crippen MR) is 162 cm³/mol. The standard InChI is InChI=1S/C30H53NO10S/c1-3-5-6-7-8-9-10-12-28-13-14-30(29(27-28)11-4-2)39-25-23-37-21-19-35-17-15-34-16-18-36-20-22-38-24-26-40-42(32,33)41-31/h4,11,13-14,27H,3,5-10,12,15-26,31H2,1-2H3/q+1/b11-4+. The molecule has 2 N–H and O–H groups in total. The van der Waals surface area contributed by atoms with Gasteiger partial charge < -0.3 is 28.4 Å². The highest BCUT2D eigenvalue weighted by Crippen LogP contribution is 2.23. The molecule has 0 bridgehead atoms. The second kappa shape index (κ2) is 27.1. The van der Waals surface area contributed by atoms with Crippen LogP contribution in [0.4, 0.5) is 0 Å². The monoisotopic (exact) mass is 619 g/mol. The van der Waals surface area contributed by atoms with Crippen LogP contribution in [0.25, 0.3) is 6.08 Å². The topological polar surface area (TPSA) is 137 Å². The molecule has 0 saturated heterocycles. The lowest BCUT2D eigenvalue weighted by molar-refractivity contribution is -0.0147. The van der Waals surface area contributed by atoms with Gasteiger partial charge in [0.1, 0.15) is 23.5 Å². The number of nitrogens with two attached hydrogens (primary N) is 1. The molecule has 0 aliphatic rings. The van der Waals surface area contributed by atoms with Crippen LogP contribution in [0.15, 0.2) is 24.3 Å². The fraction of sp³-hybridized carbons (Fsp3) is 0.733. The molecule has 1 aromatic carbocycles. The Morgan fingerprint density at radius 1 is 0.714 bits per heavy atom. The number of rotatable bonds is 30. The Hall–Kier alpha value is -1.45. The zero-order valence-corrected chi connectivity index (χ0v) is 26.4. The number of hydrogen-bond acceptors (Lipinski definition) is 10. The predicted octanol–water partition coefficient (Wildman–Crippen LogP) is 5.06. The van der Waals surface area contributed by atoms with E-state index in [2.05, 4.69) is 45.6 Å². The molecule has 1 aromatic rings. The Bertz CT molecular complexity index is 842. The van der Waals surface area contributed by atoms with E-state index < -0.39 is 10.8 Å². The number of unbranched alkanes of at least 4 members (excludes halogenated alkanes) is 6. The Kier molecular flexibility index (Phi) is 24.9. The van der Waals surface area contributed by atoms with Gasteiger partial charge in [0.05, 0.1) is 66.1 Å². The van der Waals surface area contributed by atoms with Gasteiger partial charge in [0.2, 0.25) is 0 Å². The maximum absolute atomic E-state index is 10.8. The molecule has 0 aliphatic carbocycles. The molecule has 0 spiro atoms. The Labute approximate surface area is 253 Å². The summed E-state index contributed by atoms with van der Waals surface area (Å²) in [4.78, 5) is 0. The Morgan fingerprint density at radius 3 is 1.74 bits per heavy atom. The van der Waals surface area contributed by atoms with Crippen LogP contribution in [0, 0.1) is 0 Å². The summed E-state index contributed by atoms with van der Waals surface area (Å²) in [5.41, 5.74) is 2.47. The van der Waals surface area contributed by atoms with E-state index in [4.69, 9.17) is 28.4 Å². The molecule has 0 aromatic heterocycles. The van der Waals surface area contributed by atoms with E-state index in [-0.39, 0.29) is 13.2 Å². The third kappa shape index (κ3) is 22.1. The van der Waals surface area contributed by atoms with Crippen molar-refractivity contribution in [3.8, 4) is 5.75 Å². The third-order valence-electron chi connectivity index (χ3n) is 6.04. The van der Waals surface area contributed by atoms with Crippen LogP contribution in [-0.4, -0.2) is 79.3 Å². The van der Waals surface area contributed by atoms with Crippen LogP contribution in [0.1, 0.15) is 69.9 Å². The summed E-state index contributed by atoms with van der Waals surface area (Å²) in [6.07, 6.45) is 14.5. The summed E-state index contributed by atoms with van der Waals surface area (Å²) in [7, 11) is -4.13. The third-order valence-corrected chi connectivity index (χ3v) is 6.73. The number of allylic oxidation sites excluding steroid dienone is 1. The largest absolute Gasteiger partial charge is 0.564 e. The lowest BCUT2D eigenvalue weighted by Crippen LogP contribution is -2.22. The maximum atomic E-state index is 10.8. The molecule has 12 heteroatoms. The SMILES string of the molecule is C/C=C/c1cc(CCCCCCCCC)ccc1OCCOCCOCCOCCOCCOCCO[S+]([O])(=O)ON. The molecule has 243 valence electrons. The lowest BCUT2D eigenvalue weighted by atomic mass is 10.0. The molecule has 42 heavy (non-hydrogen) atoms. The van der Waals surface area contributed by atoms with E-state index in [1.165, 1.54) is 50.5 Å². The Balaban J connectivity index is 1.96. The molecule has 0 saturated carbocycles. The Morgan fingerprint density at radius 2 is 1.21 bits per heavy atom. The minimum Gasteiger partial charge on any atom is -0.491 e. The van der Waals surface area contributed by atoms with Gasteiger partial charge in [-0.15, -0.1) is 4.18 Å². The van der Waals surface area contributed by atoms with Crippen molar-refractivity contribution in [1.29, 1.82) is 0 Å². The second-order valence-electron chi connectivity index (χ2n) is 9.48. The van der Waals surface area contributed by atoms with Gasteiger partial charge in [-0.2, -0.15) is 5.90 Å². The molecular weight excluding hydrogens is 566 g/mol. The summed E-state index contributed by atoms with van der Waals surface area (Å²) in [6.45, 7) is 8.52. The first-order valence-electron chi connectivity index (χ1n) is 15.1. The first kappa shape index (κ1) is 38.6. The van der Waals surface area contributed by atoms with Gasteiger partial charge in [0, 0.05) is 9.77 Å². The van der Waals surface area contributed by atoms with Crippen LogP contribution >= 0.6 is 0 Å². The highest BCUT2D eigenvalue weighted by atomic mass is 32.3. The lowest BCUT2D eigenvalue weighted by Gasteiger charge is -2.12. The summed E-state index contributed by atoms with van der Waals surface area (Å²) in [5, 5.41) is 0. The molecule has 0 fully saturated rings. The minimum absolute atomic E-state index is 0.0707. The van der Waals surface area contributed by atoms with Crippen LogP contribution < -0.4 is 10.6 Å². The molecule has 0 heterocycles.